The number of anilines is 1. The Balaban J connectivity index is 1.94. The Labute approximate surface area is 146 Å². The van der Waals surface area contributed by atoms with Crippen molar-refractivity contribution in [1.82, 2.24) is 9.80 Å². The van der Waals surface area contributed by atoms with Crippen LogP contribution in [0.4, 0.5) is 18.9 Å². The Bertz CT molecular complexity index is 681. The van der Waals surface area contributed by atoms with Gasteiger partial charge in [-0.3, -0.25) is 14.4 Å². The molecule has 0 unspecified atom stereocenters. The number of halogens is 3. The van der Waals surface area contributed by atoms with Crippen LogP contribution in [0.25, 0.3) is 0 Å². The Morgan fingerprint density at radius 2 is 2.00 bits per heavy atom. The van der Waals surface area contributed by atoms with E-state index in [1.54, 1.807) is 0 Å². The van der Waals surface area contributed by atoms with Gasteiger partial charge in [-0.05, 0) is 12.1 Å². The van der Waals surface area contributed by atoms with Crippen LogP contribution in [0.2, 0.25) is 0 Å². The number of carbonyl (C=O) groups excluding carboxylic acids is 3. The van der Waals surface area contributed by atoms with Crippen molar-refractivity contribution in [3.05, 3.63) is 29.8 Å². The Morgan fingerprint density at radius 1 is 1.32 bits per heavy atom. The molecule has 1 aromatic carbocycles. The lowest BCUT2D eigenvalue weighted by atomic mass is 10.1. The Kier molecular flexibility index (Phi) is 5.93. The third-order valence-corrected chi connectivity index (χ3v) is 4.41. The number of thioether (sulfide) groups is 1. The summed E-state index contributed by atoms with van der Waals surface area (Å²) >= 11 is 1.38. The Morgan fingerprint density at radius 3 is 2.60 bits per heavy atom. The molecule has 2 rings (SSSR count). The number of hydrogen-bond donors (Lipinski definition) is 1. The molecule has 0 aliphatic carbocycles. The molecule has 0 radical (unpaired) electrons. The van der Waals surface area contributed by atoms with Crippen molar-refractivity contribution in [2.75, 3.05) is 37.1 Å². The normalized spacial score (nSPS) is 14.6. The summed E-state index contributed by atoms with van der Waals surface area (Å²) in [5, 5.41) is 2.17. The topological polar surface area (TPSA) is 69.7 Å². The second-order valence-corrected chi connectivity index (χ2v) is 6.37. The Hall–Kier alpha value is -2.23. The van der Waals surface area contributed by atoms with Gasteiger partial charge in [0.05, 0.1) is 29.4 Å². The molecule has 0 atom stereocenters. The van der Waals surface area contributed by atoms with Gasteiger partial charge in [-0.1, -0.05) is 12.1 Å². The molecule has 25 heavy (non-hydrogen) atoms. The quantitative estimate of drug-likeness (QED) is 0.850. The van der Waals surface area contributed by atoms with Crippen molar-refractivity contribution < 1.29 is 27.6 Å². The maximum atomic E-state index is 12.9. The molecule has 1 saturated heterocycles. The molecule has 136 valence electrons. The third kappa shape index (κ3) is 5.12. The summed E-state index contributed by atoms with van der Waals surface area (Å²) < 4.78 is 38.7. The first kappa shape index (κ1) is 19.1. The van der Waals surface area contributed by atoms with Gasteiger partial charge in [-0.25, -0.2) is 0 Å². The molecule has 0 spiro atoms. The number of amides is 3. The van der Waals surface area contributed by atoms with Crippen molar-refractivity contribution in [2.24, 2.45) is 0 Å². The minimum absolute atomic E-state index is 0.157. The van der Waals surface area contributed by atoms with E-state index in [-0.39, 0.29) is 18.1 Å². The first-order chi connectivity index (χ1) is 11.7. The molecule has 1 N–H and O–H groups in total. The summed E-state index contributed by atoms with van der Waals surface area (Å²) in [6, 6.07) is 4.60. The highest BCUT2D eigenvalue weighted by Gasteiger charge is 2.33. The minimum Gasteiger partial charge on any atom is -0.335 e. The predicted octanol–water partition coefficient (Wildman–Crippen LogP) is 1.64. The molecule has 1 aromatic rings. The average molecular weight is 375 g/mol. The summed E-state index contributed by atoms with van der Waals surface area (Å²) in [5.41, 5.74) is -1.33. The molecule has 1 heterocycles. The third-order valence-electron chi connectivity index (χ3n) is 3.46. The number of rotatable bonds is 5. The minimum atomic E-state index is -4.60. The highest BCUT2D eigenvalue weighted by Crippen LogP contribution is 2.34. The molecule has 0 saturated carbocycles. The van der Waals surface area contributed by atoms with Crippen molar-refractivity contribution >= 4 is 35.2 Å². The van der Waals surface area contributed by atoms with Crippen LogP contribution in [0.15, 0.2) is 24.3 Å². The fraction of sp³-hybridized carbons (Fsp3) is 0.400. The molecule has 6 nitrogen and oxygen atoms in total. The fourth-order valence-corrected chi connectivity index (χ4v) is 3.06. The number of benzene rings is 1. The van der Waals surface area contributed by atoms with E-state index in [9.17, 15) is 27.6 Å². The first-order valence-electron chi connectivity index (χ1n) is 7.24. The second-order valence-electron chi connectivity index (χ2n) is 5.41. The van der Waals surface area contributed by atoms with Crippen LogP contribution in [0.1, 0.15) is 5.56 Å². The maximum Gasteiger partial charge on any atom is 0.418 e. The number of carbonyl (C=O) groups is 3. The van der Waals surface area contributed by atoms with Crippen molar-refractivity contribution in [3.63, 3.8) is 0 Å². The van der Waals surface area contributed by atoms with Crippen LogP contribution in [-0.2, 0) is 20.6 Å². The lowest BCUT2D eigenvalue weighted by Gasteiger charge is -2.21. The van der Waals surface area contributed by atoms with Gasteiger partial charge in [-0.15, -0.1) is 11.8 Å². The molecule has 3 amide bonds. The summed E-state index contributed by atoms with van der Waals surface area (Å²) in [5.74, 6) is -0.657. The van der Waals surface area contributed by atoms with Gasteiger partial charge in [0.15, 0.2) is 0 Å². The number of nitrogens with one attached hydrogen (secondary N) is 1. The number of hydrogen-bond acceptors (Lipinski definition) is 4. The predicted molar refractivity (Wildman–Crippen MR) is 86.7 cm³/mol. The van der Waals surface area contributed by atoms with Gasteiger partial charge in [0, 0.05) is 7.05 Å². The van der Waals surface area contributed by atoms with E-state index in [1.165, 1.54) is 35.8 Å². The lowest BCUT2D eigenvalue weighted by Crippen LogP contribution is -2.42. The number of nitrogens with zero attached hydrogens (tertiary/aromatic N) is 2. The standard InChI is InChI=1S/C15H16F3N3O3S/c1-20(13(23)7-21-9-25-8-14(21)24)6-12(22)19-11-5-3-2-4-10(11)15(16,17)18/h2-5H,6-9H2,1H3,(H,19,22). The molecule has 0 aromatic heterocycles. The van der Waals surface area contributed by atoms with Gasteiger partial charge in [0.25, 0.3) is 0 Å². The highest BCUT2D eigenvalue weighted by molar-refractivity contribution is 8.00. The highest BCUT2D eigenvalue weighted by atomic mass is 32.2. The molecule has 10 heteroatoms. The SMILES string of the molecule is CN(CC(=O)Nc1ccccc1C(F)(F)F)C(=O)CN1CSCC1=O. The fourth-order valence-electron chi connectivity index (χ4n) is 2.16. The molecule has 1 aliphatic rings. The largest absolute Gasteiger partial charge is 0.418 e. The van der Waals surface area contributed by atoms with E-state index < -0.39 is 30.1 Å². The zero-order chi connectivity index (χ0) is 18.6. The number of likely N-dealkylation sites (N-methyl/N-ethyl adjacent to an activating group) is 1. The molecule has 1 fully saturated rings. The zero-order valence-corrected chi connectivity index (χ0v) is 14.1. The van der Waals surface area contributed by atoms with Gasteiger partial charge in [0.2, 0.25) is 17.7 Å². The lowest BCUT2D eigenvalue weighted by molar-refractivity contribution is -0.138. The summed E-state index contributed by atoms with van der Waals surface area (Å²) in [6.07, 6.45) is -4.60. The van der Waals surface area contributed by atoms with Crippen molar-refractivity contribution in [2.45, 2.75) is 6.18 Å². The van der Waals surface area contributed by atoms with E-state index in [0.717, 1.165) is 17.0 Å². The van der Waals surface area contributed by atoms with Crippen molar-refractivity contribution in [1.29, 1.82) is 0 Å². The average Bonchev–Trinajstić information content (AvgIpc) is 2.91. The van der Waals surface area contributed by atoms with E-state index in [1.807, 2.05) is 0 Å². The molecular weight excluding hydrogens is 359 g/mol. The zero-order valence-electron chi connectivity index (χ0n) is 13.3. The van der Waals surface area contributed by atoms with Gasteiger partial charge in [-0.2, -0.15) is 13.2 Å². The summed E-state index contributed by atoms with van der Waals surface area (Å²) in [6.45, 7) is -0.574. The van der Waals surface area contributed by atoms with E-state index in [2.05, 4.69) is 5.32 Å². The van der Waals surface area contributed by atoms with E-state index in [0.29, 0.717) is 11.6 Å². The summed E-state index contributed by atoms with van der Waals surface area (Å²) in [4.78, 5) is 37.9. The van der Waals surface area contributed by atoms with Gasteiger partial charge in [0.1, 0.15) is 6.54 Å². The van der Waals surface area contributed by atoms with Crippen molar-refractivity contribution in [3.8, 4) is 0 Å². The monoisotopic (exact) mass is 375 g/mol. The molecular formula is C15H16F3N3O3S. The summed E-state index contributed by atoms with van der Waals surface area (Å²) in [7, 11) is 1.35. The van der Waals surface area contributed by atoms with Crippen LogP contribution < -0.4 is 5.32 Å². The second kappa shape index (κ2) is 7.77. The first-order valence-corrected chi connectivity index (χ1v) is 8.39. The van der Waals surface area contributed by atoms with E-state index >= 15 is 0 Å². The molecule has 0 bridgehead atoms. The number of alkyl halides is 3. The van der Waals surface area contributed by atoms with E-state index in [4.69, 9.17) is 0 Å². The molecule has 1 aliphatic heterocycles. The van der Waals surface area contributed by atoms with Crippen LogP contribution in [0.3, 0.4) is 0 Å². The smallest absolute Gasteiger partial charge is 0.335 e. The van der Waals surface area contributed by atoms with Gasteiger partial charge < -0.3 is 15.1 Å². The van der Waals surface area contributed by atoms with Crippen LogP contribution in [0.5, 0.6) is 0 Å². The maximum absolute atomic E-state index is 12.9. The van der Waals surface area contributed by atoms with Crippen LogP contribution >= 0.6 is 11.8 Å². The van der Waals surface area contributed by atoms with Crippen LogP contribution in [0, 0.1) is 0 Å². The van der Waals surface area contributed by atoms with Crippen LogP contribution in [-0.4, -0.2) is 59.3 Å². The van der Waals surface area contributed by atoms with Gasteiger partial charge >= 0.3 is 6.18 Å². The number of para-hydroxylation sites is 1.